The summed E-state index contributed by atoms with van der Waals surface area (Å²) in [6, 6.07) is 5.95. The summed E-state index contributed by atoms with van der Waals surface area (Å²) in [6.45, 7) is 3.44. The van der Waals surface area contributed by atoms with Gasteiger partial charge >= 0.3 is 0 Å². The molecule has 2 aromatic rings. The quantitative estimate of drug-likeness (QED) is 0.847. The summed E-state index contributed by atoms with van der Waals surface area (Å²) in [5.41, 5.74) is 1.98. The third kappa shape index (κ3) is 2.76. The molecule has 4 heteroatoms. The monoisotopic (exact) mass is 259 g/mol. The Morgan fingerprint density at radius 1 is 1.11 bits per heavy atom. The fourth-order valence-corrected chi connectivity index (χ4v) is 3.15. The van der Waals surface area contributed by atoms with Crippen LogP contribution >= 0.6 is 11.3 Å². The van der Waals surface area contributed by atoms with Crippen LogP contribution in [-0.4, -0.2) is 28.0 Å². The summed E-state index contributed by atoms with van der Waals surface area (Å²) in [5, 5.41) is 3.32. The lowest BCUT2D eigenvalue weighted by atomic mass is 10.1. The van der Waals surface area contributed by atoms with Gasteiger partial charge < -0.3 is 0 Å². The highest BCUT2D eigenvalue weighted by Gasteiger charge is 2.13. The van der Waals surface area contributed by atoms with Gasteiger partial charge in [0.2, 0.25) is 0 Å². The smallest absolute Gasteiger partial charge is 0.107 e. The zero-order chi connectivity index (χ0) is 12.2. The molecule has 1 saturated heterocycles. The molecule has 2 aromatic heterocycles. The molecule has 18 heavy (non-hydrogen) atoms. The first-order chi connectivity index (χ1) is 8.92. The Balaban J connectivity index is 1.69. The second kappa shape index (κ2) is 5.59. The van der Waals surface area contributed by atoms with Gasteiger partial charge in [-0.3, -0.25) is 9.88 Å². The van der Waals surface area contributed by atoms with Gasteiger partial charge in [-0.2, -0.15) is 0 Å². The maximum absolute atomic E-state index is 4.69. The van der Waals surface area contributed by atoms with E-state index in [1.807, 2.05) is 24.4 Å². The molecule has 3 heterocycles. The van der Waals surface area contributed by atoms with Crippen LogP contribution in [-0.2, 0) is 6.54 Å². The number of rotatable bonds is 3. The SMILES string of the molecule is c1ccc(-c2csc(CN3CCCCC3)n2)nc1. The van der Waals surface area contributed by atoms with Crippen molar-refractivity contribution in [3.8, 4) is 11.4 Å². The number of hydrogen-bond donors (Lipinski definition) is 0. The van der Waals surface area contributed by atoms with Gasteiger partial charge in [0.1, 0.15) is 5.01 Å². The minimum atomic E-state index is 0.971. The molecule has 0 aliphatic carbocycles. The molecule has 0 radical (unpaired) electrons. The maximum atomic E-state index is 4.69. The standard InChI is InChI=1S/C14H17N3S/c1-4-8-17(9-5-1)10-14-16-13(11-18-14)12-6-2-3-7-15-12/h2-3,6-7,11H,1,4-5,8-10H2. The van der Waals surface area contributed by atoms with Crippen LogP contribution in [0.3, 0.4) is 0 Å². The van der Waals surface area contributed by atoms with E-state index in [-0.39, 0.29) is 0 Å². The first kappa shape index (κ1) is 11.8. The summed E-state index contributed by atoms with van der Waals surface area (Å²) in [5.74, 6) is 0. The van der Waals surface area contributed by atoms with Crippen molar-refractivity contribution < 1.29 is 0 Å². The van der Waals surface area contributed by atoms with Crippen molar-refractivity contribution in [2.75, 3.05) is 13.1 Å². The molecule has 0 N–H and O–H groups in total. The fraction of sp³-hybridized carbons (Fsp3) is 0.429. The van der Waals surface area contributed by atoms with E-state index >= 15 is 0 Å². The molecule has 0 amide bonds. The summed E-state index contributed by atoms with van der Waals surface area (Å²) in [6.07, 6.45) is 5.86. The number of thiazole rings is 1. The minimum Gasteiger partial charge on any atom is -0.297 e. The molecule has 1 aliphatic rings. The molecular formula is C14H17N3S. The normalized spacial score (nSPS) is 16.9. The van der Waals surface area contributed by atoms with Crippen molar-refractivity contribution in [2.45, 2.75) is 25.8 Å². The van der Waals surface area contributed by atoms with Gasteiger partial charge in [-0.15, -0.1) is 11.3 Å². The predicted octanol–water partition coefficient (Wildman–Crippen LogP) is 3.19. The van der Waals surface area contributed by atoms with Crippen LogP contribution in [0.15, 0.2) is 29.8 Å². The Labute approximate surface area is 112 Å². The number of nitrogens with zero attached hydrogens (tertiary/aromatic N) is 3. The Kier molecular flexibility index (Phi) is 3.67. The van der Waals surface area contributed by atoms with Gasteiger partial charge in [0.05, 0.1) is 17.9 Å². The van der Waals surface area contributed by atoms with Crippen LogP contribution in [0.4, 0.5) is 0 Å². The average Bonchev–Trinajstić information content (AvgIpc) is 2.89. The lowest BCUT2D eigenvalue weighted by molar-refractivity contribution is 0.220. The topological polar surface area (TPSA) is 29.0 Å². The van der Waals surface area contributed by atoms with Crippen molar-refractivity contribution >= 4 is 11.3 Å². The summed E-state index contributed by atoms with van der Waals surface area (Å²) in [4.78, 5) is 11.5. The highest BCUT2D eigenvalue weighted by atomic mass is 32.1. The molecule has 94 valence electrons. The van der Waals surface area contributed by atoms with Crippen LogP contribution in [0, 0.1) is 0 Å². The Morgan fingerprint density at radius 2 is 2.00 bits per heavy atom. The molecule has 3 rings (SSSR count). The van der Waals surface area contributed by atoms with E-state index in [1.165, 1.54) is 37.4 Å². The molecule has 1 fully saturated rings. The number of hydrogen-bond acceptors (Lipinski definition) is 4. The first-order valence-corrected chi connectivity index (χ1v) is 7.38. The molecule has 0 spiro atoms. The third-order valence-corrected chi connectivity index (χ3v) is 4.12. The van der Waals surface area contributed by atoms with Crippen molar-refractivity contribution in [3.05, 3.63) is 34.8 Å². The second-order valence-electron chi connectivity index (χ2n) is 4.68. The summed E-state index contributed by atoms with van der Waals surface area (Å²) < 4.78 is 0. The largest absolute Gasteiger partial charge is 0.297 e. The lowest BCUT2D eigenvalue weighted by Crippen LogP contribution is -2.28. The van der Waals surface area contributed by atoms with E-state index in [1.54, 1.807) is 11.3 Å². The van der Waals surface area contributed by atoms with Crippen molar-refractivity contribution in [3.63, 3.8) is 0 Å². The Bertz CT molecular complexity index is 489. The number of likely N-dealkylation sites (tertiary alicyclic amines) is 1. The lowest BCUT2D eigenvalue weighted by Gasteiger charge is -2.25. The van der Waals surface area contributed by atoms with Gasteiger partial charge in [-0.25, -0.2) is 4.98 Å². The van der Waals surface area contributed by atoms with E-state index in [4.69, 9.17) is 0 Å². The number of pyridine rings is 1. The van der Waals surface area contributed by atoms with Crippen LogP contribution < -0.4 is 0 Å². The average molecular weight is 259 g/mol. The van der Waals surface area contributed by atoms with Crippen LogP contribution in [0.5, 0.6) is 0 Å². The molecule has 0 atom stereocenters. The summed E-state index contributed by atoms with van der Waals surface area (Å²) in [7, 11) is 0. The maximum Gasteiger partial charge on any atom is 0.107 e. The number of piperidine rings is 1. The molecule has 0 bridgehead atoms. The van der Waals surface area contributed by atoms with E-state index in [2.05, 4.69) is 20.2 Å². The molecule has 0 aromatic carbocycles. The van der Waals surface area contributed by atoms with Crippen molar-refractivity contribution in [2.24, 2.45) is 0 Å². The van der Waals surface area contributed by atoms with E-state index in [0.717, 1.165) is 17.9 Å². The molecule has 1 aliphatic heterocycles. The van der Waals surface area contributed by atoms with Gasteiger partial charge in [0, 0.05) is 11.6 Å². The zero-order valence-electron chi connectivity index (χ0n) is 10.4. The van der Waals surface area contributed by atoms with Crippen LogP contribution in [0.25, 0.3) is 11.4 Å². The van der Waals surface area contributed by atoms with E-state index < -0.39 is 0 Å². The first-order valence-electron chi connectivity index (χ1n) is 6.50. The fourth-order valence-electron chi connectivity index (χ4n) is 2.32. The van der Waals surface area contributed by atoms with Gasteiger partial charge in [-0.1, -0.05) is 12.5 Å². The molecule has 0 unspecified atom stereocenters. The molecular weight excluding hydrogens is 242 g/mol. The highest BCUT2D eigenvalue weighted by Crippen LogP contribution is 2.21. The molecule has 3 nitrogen and oxygen atoms in total. The third-order valence-electron chi connectivity index (χ3n) is 3.29. The Hall–Kier alpha value is -1.26. The zero-order valence-corrected chi connectivity index (χ0v) is 11.2. The highest BCUT2D eigenvalue weighted by molar-refractivity contribution is 7.09. The van der Waals surface area contributed by atoms with Gasteiger partial charge in [0.25, 0.3) is 0 Å². The predicted molar refractivity (Wildman–Crippen MR) is 74.5 cm³/mol. The number of aromatic nitrogens is 2. The van der Waals surface area contributed by atoms with Crippen molar-refractivity contribution in [1.29, 1.82) is 0 Å². The van der Waals surface area contributed by atoms with Crippen LogP contribution in [0.2, 0.25) is 0 Å². The second-order valence-corrected chi connectivity index (χ2v) is 5.62. The molecule has 0 saturated carbocycles. The summed E-state index contributed by atoms with van der Waals surface area (Å²) >= 11 is 1.75. The van der Waals surface area contributed by atoms with Gasteiger partial charge in [0.15, 0.2) is 0 Å². The minimum absolute atomic E-state index is 0.971. The van der Waals surface area contributed by atoms with E-state index in [0.29, 0.717) is 0 Å². The van der Waals surface area contributed by atoms with Crippen molar-refractivity contribution in [1.82, 2.24) is 14.9 Å². The van der Waals surface area contributed by atoms with Gasteiger partial charge in [-0.05, 0) is 38.1 Å². The van der Waals surface area contributed by atoms with E-state index in [9.17, 15) is 0 Å². The Morgan fingerprint density at radius 3 is 2.78 bits per heavy atom. The van der Waals surface area contributed by atoms with Crippen LogP contribution in [0.1, 0.15) is 24.3 Å².